The molecule has 0 spiro atoms. The van der Waals surface area contributed by atoms with Crippen molar-refractivity contribution in [2.45, 2.75) is 50.5 Å². The molecule has 106 valence electrons. The van der Waals surface area contributed by atoms with E-state index in [0.29, 0.717) is 5.56 Å². The Morgan fingerprint density at radius 2 is 1.89 bits per heavy atom. The molecule has 1 fully saturated rings. The Balaban J connectivity index is 2.08. The minimum Gasteiger partial charge on any atom is -0.392 e. The summed E-state index contributed by atoms with van der Waals surface area (Å²) in [5.41, 5.74) is 1.16. The van der Waals surface area contributed by atoms with Crippen molar-refractivity contribution in [1.29, 1.82) is 0 Å². The third-order valence-electron chi connectivity index (χ3n) is 3.64. The average molecular weight is 283 g/mol. The van der Waals surface area contributed by atoms with Gasteiger partial charge < -0.3 is 5.11 Å². The van der Waals surface area contributed by atoms with E-state index in [-0.39, 0.29) is 17.9 Å². The zero-order chi connectivity index (χ0) is 13.9. The number of aliphatic hydroxyl groups is 1. The molecule has 2 rings (SSSR count). The largest absolute Gasteiger partial charge is 0.392 e. The molecule has 0 unspecified atom stereocenters. The monoisotopic (exact) mass is 283 g/mol. The number of rotatable bonds is 5. The highest BCUT2D eigenvalue weighted by atomic mass is 32.2. The van der Waals surface area contributed by atoms with Crippen LogP contribution in [0.2, 0.25) is 0 Å². The van der Waals surface area contributed by atoms with Crippen LogP contribution >= 0.6 is 0 Å². The second-order valence-corrected chi connectivity index (χ2v) is 7.33. The van der Waals surface area contributed by atoms with Gasteiger partial charge in [-0.2, -0.15) is 0 Å². The maximum atomic E-state index is 12.2. The van der Waals surface area contributed by atoms with Crippen molar-refractivity contribution >= 4 is 10.0 Å². The number of hydrogen-bond donors (Lipinski definition) is 2. The third kappa shape index (κ3) is 4.03. The number of hydrogen-bond acceptors (Lipinski definition) is 3. The Morgan fingerprint density at radius 3 is 2.53 bits per heavy atom. The maximum Gasteiger partial charge on any atom is 0.216 e. The van der Waals surface area contributed by atoms with Crippen molar-refractivity contribution in [1.82, 2.24) is 4.72 Å². The number of aliphatic hydroxyl groups excluding tert-OH is 1. The van der Waals surface area contributed by atoms with Crippen LogP contribution in [0.15, 0.2) is 24.3 Å². The second kappa shape index (κ2) is 5.61. The van der Waals surface area contributed by atoms with Crippen LogP contribution in [0.25, 0.3) is 0 Å². The molecule has 1 aliphatic carbocycles. The minimum absolute atomic E-state index is 0.0313. The molecule has 1 aromatic rings. The fourth-order valence-corrected chi connectivity index (χ4v) is 4.35. The predicted molar refractivity (Wildman–Crippen MR) is 75.0 cm³/mol. The summed E-state index contributed by atoms with van der Waals surface area (Å²) in [4.78, 5) is 0. The van der Waals surface area contributed by atoms with Crippen LogP contribution in [0.1, 0.15) is 43.7 Å². The van der Waals surface area contributed by atoms with Crippen LogP contribution in [0, 0.1) is 0 Å². The quantitative estimate of drug-likeness (QED) is 0.867. The van der Waals surface area contributed by atoms with E-state index in [9.17, 15) is 8.42 Å². The van der Waals surface area contributed by atoms with Crippen LogP contribution in [0.5, 0.6) is 0 Å². The molecule has 1 saturated carbocycles. The molecule has 1 aromatic carbocycles. The summed E-state index contributed by atoms with van der Waals surface area (Å²) < 4.78 is 27.2. The van der Waals surface area contributed by atoms with Crippen molar-refractivity contribution in [3.63, 3.8) is 0 Å². The molecule has 5 heteroatoms. The first-order valence-electron chi connectivity index (χ1n) is 6.63. The van der Waals surface area contributed by atoms with Gasteiger partial charge in [0.05, 0.1) is 12.4 Å². The molecule has 1 aliphatic rings. The number of nitrogens with one attached hydrogen (secondary N) is 1. The topological polar surface area (TPSA) is 66.4 Å². The standard InChI is InChI=1S/C14H21NO3S/c1-14(7-2-3-8-14)15-19(17,18)11-13-6-4-5-12(9-13)10-16/h4-6,9,15-16H,2-3,7-8,10-11H2,1H3. The van der Waals surface area contributed by atoms with Gasteiger partial charge in [0.1, 0.15) is 0 Å². The Labute approximate surface area is 114 Å². The zero-order valence-electron chi connectivity index (χ0n) is 11.2. The lowest BCUT2D eigenvalue weighted by molar-refractivity contribution is 0.281. The van der Waals surface area contributed by atoms with Gasteiger partial charge in [-0.1, -0.05) is 37.1 Å². The van der Waals surface area contributed by atoms with Gasteiger partial charge in [-0.05, 0) is 30.9 Å². The van der Waals surface area contributed by atoms with Gasteiger partial charge in [0.2, 0.25) is 10.0 Å². The molecule has 0 heterocycles. The van der Waals surface area contributed by atoms with E-state index in [1.54, 1.807) is 24.3 Å². The van der Waals surface area contributed by atoms with Crippen LogP contribution in [0.4, 0.5) is 0 Å². The van der Waals surface area contributed by atoms with Crippen LogP contribution in [0.3, 0.4) is 0 Å². The SMILES string of the molecule is CC1(NS(=O)(=O)Cc2cccc(CO)c2)CCCC1. The summed E-state index contributed by atoms with van der Waals surface area (Å²) in [6.45, 7) is 1.90. The Bertz CT molecular complexity index is 533. The van der Waals surface area contributed by atoms with Crippen molar-refractivity contribution in [2.75, 3.05) is 0 Å². The van der Waals surface area contributed by atoms with Gasteiger partial charge in [-0.15, -0.1) is 0 Å². The van der Waals surface area contributed by atoms with Crippen molar-refractivity contribution < 1.29 is 13.5 Å². The minimum atomic E-state index is -3.33. The highest BCUT2D eigenvalue weighted by molar-refractivity contribution is 7.88. The van der Waals surface area contributed by atoms with Gasteiger partial charge in [-0.25, -0.2) is 13.1 Å². The second-order valence-electron chi connectivity index (χ2n) is 5.61. The van der Waals surface area contributed by atoms with Crippen molar-refractivity contribution in [2.24, 2.45) is 0 Å². The van der Waals surface area contributed by atoms with Crippen LogP contribution in [-0.2, 0) is 22.4 Å². The van der Waals surface area contributed by atoms with E-state index in [1.807, 2.05) is 6.92 Å². The number of sulfonamides is 1. The molecule has 0 saturated heterocycles. The maximum absolute atomic E-state index is 12.2. The van der Waals surface area contributed by atoms with Crippen LogP contribution in [-0.4, -0.2) is 19.1 Å². The fraction of sp³-hybridized carbons (Fsp3) is 0.571. The highest BCUT2D eigenvalue weighted by Gasteiger charge is 2.32. The van der Waals surface area contributed by atoms with E-state index in [4.69, 9.17) is 5.11 Å². The zero-order valence-corrected chi connectivity index (χ0v) is 12.0. The fourth-order valence-electron chi connectivity index (χ4n) is 2.71. The molecule has 0 aliphatic heterocycles. The Hall–Kier alpha value is -0.910. The first kappa shape index (κ1) is 14.5. The van der Waals surface area contributed by atoms with E-state index in [2.05, 4.69) is 4.72 Å². The predicted octanol–water partition coefficient (Wildman–Crippen LogP) is 1.93. The normalized spacial score (nSPS) is 18.6. The molecule has 19 heavy (non-hydrogen) atoms. The van der Waals surface area contributed by atoms with Gasteiger partial charge in [0.25, 0.3) is 0 Å². The summed E-state index contributed by atoms with van der Waals surface area (Å²) in [6.07, 6.45) is 3.98. The van der Waals surface area contributed by atoms with E-state index in [0.717, 1.165) is 31.2 Å². The first-order valence-corrected chi connectivity index (χ1v) is 8.28. The van der Waals surface area contributed by atoms with E-state index >= 15 is 0 Å². The summed E-state index contributed by atoms with van der Waals surface area (Å²) in [7, 11) is -3.33. The summed E-state index contributed by atoms with van der Waals surface area (Å²) in [5.74, 6) is -0.0313. The molecule has 4 nitrogen and oxygen atoms in total. The van der Waals surface area contributed by atoms with Crippen molar-refractivity contribution in [3.8, 4) is 0 Å². The lowest BCUT2D eigenvalue weighted by atomic mass is 10.0. The summed E-state index contributed by atoms with van der Waals surface area (Å²) in [5, 5.41) is 9.07. The molecular formula is C14H21NO3S. The smallest absolute Gasteiger partial charge is 0.216 e. The van der Waals surface area contributed by atoms with Gasteiger partial charge in [0.15, 0.2) is 0 Å². The van der Waals surface area contributed by atoms with Gasteiger partial charge in [0, 0.05) is 5.54 Å². The lowest BCUT2D eigenvalue weighted by Gasteiger charge is -2.24. The summed E-state index contributed by atoms with van der Waals surface area (Å²) >= 11 is 0. The van der Waals surface area contributed by atoms with Gasteiger partial charge in [-0.3, -0.25) is 0 Å². The molecule has 0 bridgehead atoms. The summed E-state index contributed by atoms with van der Waals surface area (Å²) in [6, 6.07) is 7.06. The molecule has 0 atom stereocenters. The molecule has 0 aromatic heterocycles. The number of benzene rings is 1. The van der Waals surface area contributed by atoms with Crippen molar-refractivity contribution in [3.05, 3.63) is 35.4 Å². The van der Waals surface area contributed by atoms with E-state index in [1.165, 1.54) is 0 Å². The van der Waals surface area contributed by atoms with Gasteiger partial charge >= 0.3 is 0 Å². The molecule has 2 N–H and O–H groups in total. The molecule has 0 amide bonds. The average Bonchev–Trinajstić information content (AvgIpc) is 2.74. The van der Waals surface area contributed by atoms with E-state index < -0.39 is 10.0 Å². The molecular weight excluding hydrogens is 262 g/mol. The first-order chi connectivity index (χ1) is 8.92. The molecule has 0 radical (unpaired) electrons. The van der Waals surface area contributed by atoms with Crippen LogP contribution < -0.4 is 4.72 Å². The third-order valence-corrected chi connectivity index (χ3v) is 5.16. The Morgan fingerprint density at radius 1 is 1.26 bits per heavy atom. The lowest BCUT2D eigenvalue weighted by Crippen LogP contribution is -2.43. The highest BCUT2D eigenvalue weighted by Crippen LogP contribution is 2.30. The Kier molecular flexibility index (Phi) is 4.28.